The lowest BCUT2D eigenvalue weighted by Crippen LogP contribution is -2.46. The minimum Gasteiger partial charge on any atom is -0.493 e. The van der Waals surface area contributed by atoms with E-state index in [1.165, 1.54) is 31.5 Å². The van der Waals surface area contributed by atoms with Crippen LogP contribution >= 0.6 is 0 Å². The van der Waals surface area contributed by atoms with Crippen LogP contribution < -0.4 is 15.4 Å². The number of fused-ring (bicyclic) bond motifs is 1. The average Bonchev–Trinajstić information content (AvgIpc) is 3.05. The lowest BCUT2D eigenvalue weighted by molar-refractivity contribution is 0.226. The Bertz CT molecular complexity index is 587. The summed E-state index contributed by atoms with van der Waals surface area (Å²) in [5.74, 6) is 2.59. The largest absolute Gasteiger partial charge is 0.493 e. The zero-order chi connectivity index (χ0) is 17.6. The molecule has 0 amide bonds. The van der Waals surface area contributed by atoms with E-state index in [2.05, 4.69) is 46.5 Å². The quantitative estimate of drug-likeness (QED) is 0.637. The fourth-order valence-electron chi connectivity index (χ4n) is 3.90. The first-order valence-corrected chi connectivity index (χ1v) is 9.60. The van der Waals surface area contributed by atoms with Crippen LogP contribution in [0.25, 0.3) is 0 Å². The van der Waals surface area contributed by atoms with Gasteiger partial charge in [0.05, 0.1) is 12.6 Å². The average molecular weight is 345 g/mol. The molecule has 2 atom stereocenters. The van der Waals surface area contributed by atoms with E-state index in [-0.39, 0.29) is 6.04 Å². The molecule has 2 aliphatic heterocycles. The first kappa shape index (κ1) is 18.1. The summed E-state index contributed by atoms with van der Waals surface area (Å²) in [6.45, 7) is 8.71. The predicted octanol–water partition coefficient (Wildman–Crippen LogP) is 2.80. The van der Waals surface area contributed by atoms with Crippen LogP contribution in [-0.4, -0.2) is 50.2 Å². The second-order valence-electron chi connectivity index (χ2n) is 7.51. The van der Waals surface area contributed by atoms with E-state index in [9.17, 15) is 0 Å². The van der Waals surface area contributed by atoms with Gasteiger partial charge < -0.3 is 15.4 Å². The lowest BCUT2D eigenvalue weighted by atomic mass is 10.0. The van der Waals surface area contributed by atoms with Crippen LogP contribution in [0, 0.1) is 5.92 Å². The van der Waals surface area contributed by atoms with Crippen molar-refractivity contribution in [2.75, 3.05) is 33.3 Å². The smallest absolute Gasteiger partial charge is 0.191 e. The van der Waals surface area contributed by atoms with E-state index in [0.29, 0.717) is 6.04 Å². The van der Waals surface area contributed by atoms with E-state index < -0.39 is 0 Å². The molecule has 1 fully saturated rings. The number of guanidine groups is 1. The molecule has 2 N–H and O–H groups in total. The number of nitrogens with one attached hydrogen (secondary N) is 2. The van der Waals surface area contributed by atoms with Gasteiger partial charge in [-0.2, -0.15) is 0 Å². The number of hydrogen-bond acceptors (Lipinski definition) is 3. The van der Waals surface area contributed by atoms with Gasteiger partial charge in [-0.15, -0.1) is 0 Å². The standard InChI is InChI=1S/C20H32N4O/c1-15(2)14-24-11-6-7-16(24)13-22-20(21-3)23-18-10-12-25-19-9-5-4-8-17(18)19/h4-5,8-9,15-16,18H,6-7,10-14H2,1-3H3,(H2,21,22,23)/t16-,18?/m1/s1. The molecular formula is C20H32N4O. The Kier molecular flexibility index (Phi) is 6.19. The van der Waals surface area contributed by atoms with Crippen molar-refractivity contribution >= 4 is 5.96 Å². The highest BCUT2D eigenvalue weighted by Gasteiger charge is 2.26. The summed E-state index contributed by atoms with van der Waals surface area (Å²) in [6, 6.07) is 9.15. The molecule has 1 aromatic carbocycles. The summed E-state index contributed by atoms with van der Waals surface area (Å²) in [5.41, 5.74) is 1.22. The zero-order valence-corrected chi connectivity index (χ0v) is 15.8. The van der Waals surface area contributed by atoms with E-state index in [0.717, 1.165) is 37.2 Å². The van der Waals surface area contributed by atoms with Crippen molar-refractivity contribution < 1.29 is 4.74 Å². The lowest BCUT2D eigenvalue weighted by Gasteiger charge is -2.30. The molecule has 0 spiro atoms. The summed E-state index contributed by atoms with van der Waals surface area (Å²) in [4.78, 5) is 7.06. The number of para-hydroxylation sites is 1. The number of rotatable bonds is 5. The monoisotopic (exact) mass is 344 g/mol. The molecule has 5 nitrogen and oxygen atoms in total. The Morgan fingerprint density at radius 2 is 2.16 bits per heavy atom. The van der Waals surface area contributed by atoms with Crippen molar-refractivity contribution in [3.05, 3.63) is 29.8 Å². The van der Waals surface area contributed by atoms with Crippen molar-refractivity contribution in [3.8, 4) is 5.75 Å². The van der Waals surface area contributed by atoms with Gasteiger partial charge in [-0.1, -0.05) is 32.0 Å². The van der Waals surface area contributed by atoms with Gasteiger partial charge in [0.2, 0.25) is 0 Å². The molecular weight excluding hydrogens is 312 g/mol. The Morgan fingerprint density at radius 3 is 2.96 bits per heavy atom. The minimum absolute atomic E-state index is 0.256. The van der Waals surface area contributed by atoms with Crippen molar-refractivity contribution in [1.29, 1.82) is 0 Å². The maximum Gasteiger partial charge on any atom is 0.191 e. The fraction of sp³-hybridized carbons (Fsp3) is 0.650. The van der Waals surface area contributed by atoms with Crippen LogP contribution in [0.1, 0.15) is 44.7 Å². The number of nitrogens with zero attached hydrogens (tertiary/aromatic N) is 2. The van der Waals surface area contributed by atoms with Crippen LogP contribution in [-0.2, 0) is 0 Å². The molecule has 3 rings (SSSR count). The van der Waals surface area contributed by atoms with Crippen molar-refractivity contribution in [2.24, 2.45) is 10.9 Å². The summed E-state index contributed by atoms with van der Waals surface area (Å²) in [7, 11) is 1.85. The topological polar surface area (TPSA) is 48.9 Å². The third-order valence-corrected chi connectivity index (χ3v) is 5.10. The number of benzene rings is 1. The number of ether oxygens (including phenoxy) is 1. The highest BCUT2D eigenvalue weighted by molar-refractivity contribution is 5.80. The maximum absolute atomic E-state index is 5.75. The molecule has 0 radical (unpaired) electrons. The molecule has 1 saturated heterocycles. The third-order valence-electron chi connectivity index (χ3n) is 5.10. The highest BCUT2D eigenvalue weighted by Crippen LogP contribution is 2.31. The number of aliphatic imine (C=N–C) groups is 1. The van der Waals surface area contributed by atoms with Gasteiger partial charge in [0.15, 0.2) is 5.96 Å². The Balaban J connectivity index is 1.56. The third kappa shape index (κ3) is 4.66. The molecule has 0 saturated carbocycles. The van der Waals surface area contributed by atoms with Gasteiger partial charge in [0, 0.05) is 38.2 Å². The second-order valence-corrected chi connectivity index (χ2v) is 7.51. The normalized spacial score (nSPS) is 24.1. The highest BCUT2D eigenvalue weighted by atomic mass is 16.5. The van der Waals surface area contributed by atoms with E-state index in [1.807, 2.05) is 19.2 Å². The summed E-state index contributed by atoms with van der Waals surface area (Å²) >= 11 is 0. The van der Waals surface area contributed by atoms with E-state index >= 15 is 0 Å². The van der Waals surface area contributed by atoms with Gasteiger partial charge in [-0.05, 0) is 31.4 Å². The Morgan fingerprint density at radius 1 is 1.32 bits per heavy atom. The maximum atomic E-state index is 5.75. The summed E-state index contributed by atoms with van der Waals surface area (Å²) < 4.78 is 5.75. The van der Waals surface area contributed by atoms with Crippen molar-refractivity contribution in [3.63, 3.8) is 0 Å². The molecule has 138 valence electrons. The minimum atomic E-state index is 0.256. The van der Waals surface area contributed by atoms with Gasteiger partial charge >= 0.3 is 0 Å². The predicted molar refractivity (Wildman–Crippen MR) is 103 cm³/mol. The first-order chi connectivity index (χ1) is 12.2. The number of hydrogen-bond donors (Lipinski definition) is 2. The second kappa shape index (κ2) is 8.56. The molecule has 1 aromatic rings. The Hall–Kier alpha value is -1.75. The zero-order valence-electron chi connectivity index (χ0n) is 15.8. The molecule has 0 aromatic heterocycles. The van der Waals surface area contributed by atoms with Crippen LogP contribution in [0.3, 0.4) is 0 Å². The summed E-state index contributed by atoms with van der Waals surface area (Å²) in [6.07, 6.45) is 3.54. The molecule has 2 heterocycles. The van der Waals surface area contributed by atoms with Gasteiger partial charge in [0.25, 0.3) is 0 Å². The molecule has 25 heavy (non-hydrogen) atoms. The van der Waals surface area contributed by atoms with Gasteiger partial charge in [-0.3, -0.25) is 9.89 Å². The van der Waals surface area contributed by atoms with E-state index in [1.54, 1.807) is 0 Å². The van der Waals surface area contributed by atoms with Gasteiger partial charge in [-0.25, -0.2) is 0 Å². The Labute approximate surface area is 151 Å². The number of likely N-dealkylation sites (tertiary alicyclic amines) is 1. The molecule has 1 unspecified atom stereocenters. The molecule has 5 heteroatoms. The van der Waals surface area contributed by atoms with Crippen LogP contribution in [0.15, 0.2) is 29.3 Å². The van der Waals surface area contributed by atoms with Crippen LogP contribution in [0.4, 0.5) is 0 Å². The fourth-order valence-corrected chi connectivity index (χ4v) is 3.90. The first-order valence-electron chi connectivity index (χ1n) is 9.60. The molecule has 0 aliphatic carbocycles. The van der Waals surface area contributed by atoms with E-state index in [4.69, 9.17) is 4.74 Å². The molecule has 0 bridgehead atoms. The van der Waals surface area contributed by atoms with Crippen LogP contribution in [0.2, 0.25) is 0 Å². The summed E-state index contributed by atoms with van der Waals surface area (Å²) in [5, 5.41) is 7.13. The van der Waals surface area contributed by atoms with Crippen molar-refractivity contribution in [1.82, 2.24) is 15.5 Å². The molecule has 2 aliphatic rings. The van der Waals surface area contributed by atoms with Crippen molar-refractivity contribution in [2.45, 2.75) is 45.2 Å². The van der Waals surface area contributed by atoms with Crippen LogP contribution in [0.5, 0.6) is 5.75 Å². The van der Waals surface area contributed by atoms with Gasteiger partial charge in [0.1, 0.15) is 5.75 Å². The SMILES string of the molecule is CN=C(NC[C@H]1CCCN1CC(C)C)NC1CCOc2ccccc21.